The standard InChI is InChI=1S/C14H27NO/c1-3-5-6-7-8-9-10-11-14-15-12-13(4-2)16-14/h13H,3-12H2,1-2H3. The first kappa shape index (κ1) is 13.5. The molecular formula is C14H27NO. The van der Waals surface area contributed by atoms with Crippen molar-refractivity contribution in [2.75, 3.05) is 6.54 Å². The van der Waals surface area contributed by atoms with E-state index in [1.54, 1.807) is 0 Å². The van der Waals surface area contributed by atoms with Gasteiger partial charge in [-0.3, -0.25) is 4.99 Å². The van der Waals surface area contributed by atoms with E-state index in [2.05, 4.69) is 18.8 Å². The molecule has 0 amide bonds. The molecule has 0 aliphatic carbocycles. The van der Waals surface area contributed by atoms with Crippen LogP contribution in [0.25, 0.3) is 0 Å². The molecule has 0 N–H and O–H groups in total. The van der Waals surface area contributed by atoms with Crippen LogP contribution in [-0.4, -0.2) is 18.5 Å². The van der Waals surface area contributed by atoms with E-state index in [1.165, 1.54) is 44.9 Å². The molecule has 16 heavy (non-hydrogen) atoms. The predicted molar refractivity (Wildman–Crippen MR) is 70.1 cm³/mol. The van der Waals surface area contributed by atoms with Gasteiger partial charge in [0.15, 0.2) is 5.90 Å². The van der Waals surface area contributed by atoms with E-state index in [4.69, 9.17) is 4.74 Å². The van der Waals surface area contributed by atoms with E-state index >= 15 is 0 Å². The van der Waals surface area contributed by atoms with Crippen LogP contribution in [0.15, 0.2) is 4.99 Å². The third-order valence-corrected chi connectivity index (χ3v) is 3.22. The highest BCUT2D eigenvalue weighted by Crippen LogP contribution is 2.14. The fraction of sp³-hybridized carbons (Fsp3) is 0.929. The fourth-order valence-corrected chi connectivity index (χ4v) is 2.05. The van der Waals surface area contributed by atoms with E-state index in [-0.39, 0.29) is 0 Å². The van der Waals surface area contributed by atoms with Gasteiger partial charge in [0.25, 0.3) is 0 Å². The molecule has 2 nitrogen and oxygen atoms in total. The highest BCUT2D eigenvalue weighted by atomic mass is 16.5. The lowest BCUT2D eigenvalue weighted by molar-refractivity contribution is 0.213. The predicted octanol–water partition coefficient (Wildman–Crippen LogP) is 4.33. The second-order valence-electron chi connectivity index (χ2n) is 4.75. The minimum atomic E-state index is 0.375. The summed E-state index contributed by atoms with van der Waals surface area (Å²) in [6.07, 6.45) is 12.0. The van der Waals surface area contributed by atoms with Crippen molar-refractivity contribution in [3.05, 3.63) is 0 Å². The van der Waals surface area contributed by atoms with Crippen LogP contribution in [0.2, 0.25) is 0 Å². The van der Waals surface area contributed by atoms with Gasteiger partial charge in [0.1, 0.15) is 6.10 Å². The van der Waals surface area contributed by atoms with E-state index in [9.17, 15) is 0 Å². The van der Waals surface area contributed by atoms with Crippen LogP contribution >= 0.6 is 0 Å². The number of rotatable bonds is 9. The largest absolute Gasteiger partial charge is 0.476 e. The molecular weight excluding hydrogens is 198 g/mol. The van der Waals surface area contributed by atoms with Crippen molar-refractivity contribution >= 4 is 5.90 Å². The number of ether oxygens (including phenoxy) is 1. The molecule has 0 spiro atoms. The van der Waals surface area contributed by atoms with E-state index < -0.39 is 0 Å². The molecule has 1 atom stereocenters. The average Bonchev–Trinajstić information content (AvgIpc) is 2.76. The van der Waals surface area contributed by atoms with Crippen LogP contribution in [0.1, 0.15) is 71.6 Å². The summed E-state index contributed by atoms with van der Waals surface area (Å²) >= 11 is 0. The Kier molecular flexibility index (Phi) is 7.28. The summed E-state index contributed by atoms with van der Waals surface area (Å²) in [6, 6.07) is 0. The molecule has 2 heteroatoms. The van der Waals surface area contributed by atoms with E-state index in [0.29, 0.717) is 6.10 Å². The molecule has 0 aromatic carbocycles. The van der Waals surface area contributed by atoms with Gasteiger partial charge in [0.05, 0.1) is 6.54 Å². The zero-order chi connectivity index (χ0) is 11.6. The van der Waals surface area contributed by atoms with Crippen LogP contribution in [0, 0.1) is 0 Å². The van der Waals surface area contributed by atoms with Crippen molar-refractivity contribution in [1.82, 2.24) is 0 Å². The van der Waals surface area contributed by atoms with Gasteiger partial charge in [-0.05, 0) is 12.8 Å². The smallest absolute Gasteiger partial charge is 0.183 e. The van der Waals surface area contributed by atoms with Crippen molar-refractivity contribution in [2.24, 2.45) is 4.99 Å². The van der Waals surface area contributed by atoms with E-state index in [1.807, 2.05) is 0 Å². The Morgan fingerprint density at radius 3 is 2.38 bits per heavy atom. The van der Waals surface area contributed by atoms with Gasteiger partial charge in [-0.25, -0.2) is 0 Å². The van der Waals surface area contributed by atoms with Crippen molar-refractivity contribution in [1.29, 1.82) is 0 Å². The Morgan fingerprint density at radius 2 is 1.75 bits per heavy atom. The minimum absolute atomic E-state index is 0.375. The first-order valence-electron chi connectivity index (χ1n) is 7.06. The lowest BCUT2D eigenvalue weighted by Crippen LogP contribution is -2.11. The molecule has 94 valence electrons. The lowest BCUT2D eigenvalue weighted by Gasteiger charge is -2.07. The number of hydrogen-bond acceptors (Lipinski definition) is 2. The summed E-state index contributed by atoms with van der Waals surface area (Å²) in [5.41, 5.74) is 0. The van der Waals surface area contributed by atoms with Gasteiger partial charge in [-0.1, -0.05) is 52.4 Å². The first-order chi connectivity index (χ1) is 7.86. The topological polar surface area (TPSA) is 21.6 Å². The summed E-state index contributed by atoms with van der Waals surface area (Å²) < 4.78 is 5.71. The van der Waals surface area contributed by atoms with Crippen LogP contribution in [0.4, 0.5) is 0 Å². The molecule has 1 unspecified atom stereocenters. The van der Waals surface area contributed by atoms with Gasteiger partial charge < -0.3 is 4.74 Å². The van der Waals surface area contributed by atoms with Crippen molar-refractivity contribution < 1.29 is 4.74 Å². The third kappa shape index (κ3) is 5.53. The Bertz CT molecular complexity index is 201. The maximum atomic E-state index is 5.71. The molecule has 0 radical (unpaired) electrons. The number of nitrogens with zero attached hydrogens (tertiary/aromatic N) is 1. The third-order valence-electron chi connectivity index (χ3n) is 3.22. The van der Waals surface area contributed by atoms with Gasteiger partial charge in [0.2, 0.25) is 0 Å². The number of unbranched alkanes of at least 4 members (excludes halogenated alkanes) is 6. The molecule has 0 saturated carbocycles. The monoisotopic (exact) mass is 225 g/mol. The Balaban J connectivity index is 1.88. The zero-order valence-electron chi connectivity index (χ0n) is 11.0. The summed E-state index contributed by atoms with van der Waals surface area (Å²) in [7, 11) is 0. The summed E-state index contributed by atoms with van der Waals surface area (Å²) in [5.74, 6) is 1.01. The van der Waals surface area contributed by atoms with Crippen molar-refractivity contribution in [3.8, 4) is 0 Å². The average molecular weight is 225 g/mol. The fourth-order valence-electron chi connectivity index (χ4n) is 2.05. The van der Waals surface area contributed by atoms with Gasteiger partial charge >= 0.3 is 0 Å². The number of aliphatic imine (C=N–C) groups is 1. The molecule has 0 bridgehead atoms. The minimum Gasteiger partial charge on any atom is -0.476 e. The molecule has 1 heterocycles. The van der Waals surface area contributed by atoms with E-state index in [0.717, 1.165) is 25.3 Å². The van der Waals surface area contributed by atoms with Crippen molar-refractivity contribution in [3.63, 3.8) is 0 Å². The molecule has 0 aromatic heterocycles. The molecule has 0 fully saturated rings. The maximum Gasteiger partial charge on any atom is 0.183 e. The molecule has 0 aromatic rings. The van der Waals surface area contributed by atoms with Gasteiger partial charge in [-0.2, -0.15) is 0 Å². The molecule has 1 aliphatic heterocycles. The molecule has 0 saturated heterocycles. The Morgan fingerprint density at radius 1 is 1.06 bits per heavy atom. The van der Waals surface area contributed by atoms with Crippen LogP contribution in [0.3, 0.4) is 0 Å². The van der Waals surface area contributed by atoms with Crippen LogP contribution < -0.4 is 0 Å². The highest BCUT2D eigenvalue weighted by Gasteiger charge is 2.16. The van der Waals surface area contributed by atoms with Crippen LogP contribution in [-0.2, 0) is 4.74 Å². The van der Waals surface area contributed by atoms with Crippen molar-refractivity contribution in [2.45, 2.75) is 77.7 Å². The van der Waals surface area contributed by atoms with Gasteiger partial charge in [-0.15, -0.1) is 0 Å². The Labute approximate surface area is 100 Å². The first-order valence-corrected chi connectivity index (χ1v) is 7.06. The summed E-state index contributed by atoms with van der Waals surface area (Å²) in [4.78, 5) is 4.43. The second-order valence-corrected chi connectivity index (χ2v) is 4.75. The summed E-state index contributed by atoms with van der Waals surface area (Å²) in [6.45, 7) is 5.32. The molecule has 1 aliphatic rings. The highest BCUT2D eigenvalue weighted by molar-refractivity contribution is 5.77. The summed E-state index contributed by atoms with van der Waals surface area (Å²) in [5, 5.41) is 0. The number of hydrogen-bond donors (Lipinski definition) is 0. The van der Waals surface area contributed by atoms with Crippen LogP contribution in [0.5, 0.6) is 0 Å². The molecule has 1 rings (SSSR count). The maximum absolute atomic E-state index is 5.71. The lowest BCUT2D eigenvalue weighted by atomic mass is 10.1. The normalized spacial score (nSPS) is 19.6. The second kappa shape index (κ2) is 8.60. The SMILES string of the molecule is CCCCCCCCCC1=NCC(CC)O1. The quantitative estimate of drug-likeness (QED) is 0.535. The van der Waals surface area contributed by atoms with Gasteiger partial charge in [0, 0.05) is 6.42 Å². The zero-order valence-corrected chi connectivity index (χ0v) is 11.0. The Hall–Kier alpha value is -0.530.